The quantitative estimate of drug-likeness (QED) is 0.837. The molecule has 2 aromatic rings. The Morgan fingerprint density at radius 2 is 2.09 bits per heavy atom. The molecule has 3 heterocycles. The van der Waals surface area contributed by atoms with Crippen molar-refractivity contribution in [2.24, 2.45) is 10.3 Å². The van der Waals surface area contributed by atoms with E-state index >= 15 is 0 Å². The molecule has 0 aliphatic carbocycles. The summed E-state index contributed by atoms with van der Waals surface area (Å²) in [4.78, 5) is 13.6. The smallest absolute Gasteiger partial charge is 0.224 e. The molecule has 2 aliphatic rings. The second-order valence-corrected chi connectivity index (χ2v) is 5.57. The molecule has 0 N–H and O–H groups in total. The molecule has 0 radical (unpaired) electrons. The van der Waals surface area contributed by atoms with Gasteiger partial charge in [-0.1, -0.05) is 35.6 Å². The van der Waals surface area contributed by atoms with Gasteiger partial charge < -0.3 is 4.90 Å². The van der Waals surface area contributed by atoms with Crippen molar-refractivity contribution in [2.75, 3.05) is 13.1 Å². The number of rotatable bonds is 4. The highest BCUT2D eigenvalue weighted by Crippen LogP contribution is 2.21. The molecule has 1 aromatic heterocycles. The number of carbonyl (C=O) groups is 1. The van der Waals surface area contributed by atoms with Crippen LogP contribution in [0.25, 0.3) is 11.4 Å². The molecule has 0 saturated carbocycles. The molecule has 4 rings (SSSR count). The lowest BCUT2D eigenvalue weighted by molar-refractivity contribution is -0.129. The van der Waals surface area contributed by atoms with Crippen molar-refractivity contribution in [1.29, 1.82) is 0 Å². The van der Waals surface area contributed by atoms with Gasteiger partial charge in [-0.25, -0.2) is 4.68 Å². The minimum atomic E-state index is -0.193. The Labute approximate surface area is 132 Å². The van der Waals surface area contributed by atoms with Crippen LogP contribution in [0.3, 0.4) is 0 Å². The number of nitrogens with zero attached hydrogens (tertiary/aromatic N) is 8. The van der Waals surface area contributed by atoms with Crippen molar-refractivity contribution < 1.29 is 4.79 Å². The number of hydrogen-bond acceptors (Lipinski definition) is 7. The summed E-state index contributed by atoms with van der Waals surface area (Å²) in [5.74, 6) is 0.838. The molecular weight excluding hydrogens is 296 g/mol. The summed E-state index contributed by atoms with van der Waals surface area (Å²) in [6.45, 7) is 1.73. The molecule has 1 unspecified atom stereocenters. The topological polar surface area (TPSA) is 91.9 Å². The van der Waals surface area contributed by atoms with Crippen LogP contribution < -0.4 is 0 Å². The van der Waals surface area contributed by atoms with E-state index in [1.165, 1.54) is 0 Å². The molecule has 1 fully saturated rings. The first kappa shape index (κ1) is 13.8. The molecule has 23 heavy (non-hydrogen) atoms. The van der Waals surface area contributed by atoms with E-state index in [2.05, 4.69) is 25.9 Å². The van der Waals surface area contributed by atoms with E-state index < -0.39 is 0 Å². The zero-order valence-electron chi connectivity index (χ0n) is 12.5. The number of amides is 1. The molecule has 1 aromatic carbocycles. The van der Waals surface area contributed by atoms with Gasteiger partial charge in [-0.3, -0.25) is 9.80 Å². The number of aromatic nitrogens is 4. The van der Waals surface area contributed by atoms with Crippen LogP contribution in [0.1, 0.15) is 12.8 Å². The Bertz CT molecular complexity index is 727. The SMILES string of the molecule is O=C1CCCN1C1CN(Cn2nnnc2-c2ccccc2)N=N1. The van der Waals surface area contributed by atoms with Gasteiger partial charge in [0.25, 0.3) is 0 Å². The highest BCUT2D eigenvalue weighted by atomic mass is 16.2. The second kappa shape index (κ2) is 5.75. The minimum absolute atomic E-state index is 0.156. The molecule has 1 amide bonds. The zero-order valence-corrected chi connectivity index (χ0v) is 12.5. The van der Waals surface area contributed by atoms with Crippen molar-refractivity contribution in [3.05, 3.63) is 30.3 Å². The van der Waals surface area contributed by atoms with Crippen molar-refractivity contribution in [3.63, 3.8) is 0 Å². The van der Waals surface area contributed by atoms with Gasteiger partial charge in [0.1, 0.15) is 6.67 Å². The van der Waals surface area contributed by atoms with Crippen LogP contribution >= 0.6 is 0 Å². The molecule has 1 saturated heterocycles. The highest BCUT2D eigenvalue weighted by molar-refractivity contribution is 5.78. The summed E-state index contributed by atoms with van der Waals surface area (Å²) in [6, 6.07) is 9.75. The lowest BCUT2D eigenvalue weighted by atomic mass is 10.2. The van der Waals surface area contributed by atoms with E-state index in [0.717, 1.165) is 18.5 Å². The van der Waals surface area contributed by atoms with E-state index in [4.69, 9.17) is 0 Å². The average Bonchev–Trinajstić information content (AvgIpc) is 3.29. The molecule has 9 nitrogen and oxygen atoms in total. The first-order valence-corrected chi connectivity index (χ1v) is 7.58. The third-order valence-corrected chi connectivity index (χ3v) is 4.02. The molecule has 118 valence electrons. The van der Waals surface area contributed by atoms with Crippen LogP contribution in [-0.4, -0.2) is 55.3 Å². The Kier molecular flexibility index (Phi) is 3.45. The van der Waals surface area contributed by atoms with Crippen LogP contribution in [0.4, 0.5) is 0 Å². The fraction of sp³-hybridized carbons (Fsp3) is 0.429. The molecule has 0 bridgehead atoms. The van der Waals surface area contributed by atoms with Crippen molar-refractivity contribution >= 4 is 5.91 Å². The molecule has 0 spiro atoms. The van der Waals surface area contributed by atoms with E-state index in [0.29, 0.717) is 25.5 Å². The fourth-order valence-electron chi connectivity index (χ4n) is 2.87. The predicted octanol–water partition coefficient (Wildman–Crippen LogP) is 0.929. The summed E-state index contributed by atoms with van der Waals surface area (Å²) in [7, 11) is 0. The monoisotopic (exact) mass is 312 g/mol. The van der Waals surface area contributed by atoms with Crippen LogP contribution in [0.15, 0.2) is 40.7 Å². The van der Waals surface area contributed by atoms with E-state index in [9.17, 15) is 4.79 Å². The maximum atomic E-state index is 11.8. The first-order chi connectivity index (χ1) is 11.3. The van der Waals surface area contributed by atoms with Crippen molar-refractivity contribution in [3.8, 4) is 11.4 Å². The van der Waals surface area contributed by atoms with Gasteiger partial charge in [0.05, 0.1) is 6.54 Å². The van der Waals surface area contributed by atoms with Gasteiger partial charge in [0, 0.05) is 18.5 Å². The lowest BCUT2D eigenvalue weighted by Crippen LogP contribution is -2.39. The minimum Gasteiger partial charge on any atom is -0.317 e. The number of benzene rings is 1. The van der Waals surface area contributed by atoms with E-state index in [-0.39, 0.29) is 12.1 Å². The standard InChI is InChI=1S/C14H16N8O/c23-13-7-4-8-21(13)12-9-20(18-15-12)10-22-14(16-17-19-22)11-5-2-1-3-6-11/h1-3,5-6,12H,4,7-10H2. The van der Waals surface area contributed by atoms with Crippen LogP contribution in [0, 0.1) is 0 Å². The van der Waals surface area contributed by atoms with Gasteiger partial charge in [0.2, 0.25) is 5.91 Å². The van der Waals surface area contributed by atoms with Crippen LogP contribution in [-0.2, 0) is 11.5 Å². The summed E-state index contributed by atoms with van der Waals surface area (Å²) < 4.78 is 1.68. The Balaban J connectivity index is 1.45. The highest BCUT2D eigenvalue weighted by Gasteiger charge is 2.32. The maximum absolute atomic E-state index is 11.8. The van der Waals surface area contributed by atoms with Gasteiger partial charge in [0.15, 0.2) is 12.0 Å². The van der Waals surface area contributed by atoms with Crippen LogP contribution in [0.5, 0.6) is 0 Å². The van der Waals surface area contributed by atoms with Crippen LogP contribution in [0.2, 0.25) is 0 Å². The van der Waals surface area contributed by atoms with Gasteiger partial charge in [-0.05, 0) is 16.8 Å². The zero-order chi connectivity index (χ0) is 15.6. The Hall–Kier alpha value is -2.84. The van der Waals surface area contributed by atoms with E-state index in [1.807, 2.05) is 30.3 Å². The Morgan fingerprint density at radius 3 is 2.87 bits per heavy atom. The third kappa shape index (κ3) is 2.65. The van der Waals surface area contributed by atoms with Crippen molar-refractivity contribution in [2.45, 2.75) is 25.7 Å². The summed E-state index contributed by atoms with van der Waals surface area (Å²) in [5, 5.41) is 22.0. The number of carbonyl (C=O) groups excluding carboxylic acids is 1. The third-order valence-electron chi connectivity index (χ3n) is 4.02. The van der Waals surface area contributed by atoms with Crippen molar-refractivity contribution in [1.82, 2.24) is 30.1 Å². The second-order valence-electron chi connectivity index (χ2n) is 5.57. The van der Waals surface area contributed by atoms with Gasteiger partial charge in [-0.15, -0.1) is 10.2 Å². The maximum Gasteiger partial charge on any atom is 0.224 e. The first-order valence-electron chi connectivity index (χ1n) is 7.58. The largest absolute Gasteiger partial charge is 0.317 e. The summed E-state index contributed by atoms with van der Waals surface area (Å²) in [6.07, 6.45) is 1.31. The predicted molar refractivity (Wildman–Crippen MR) is 79.6 cm³/mol. The average molecular weight is 312 g/mol. The normalized spacial score (nSPS) is 20.7. The molecular formula is C14H16N8O. The number of tetrazole rings is 1. The lowest BCUT2D eigenvalue weighted by Gasteiger charge is -2.21. The molecule has 2 aliphatic heterocycles. The van der Waals surface area contributed by atoms with Gasteiger partial charge >= 0.3 is 0 Å². The molecule has 1 atom stereocenters. The summed E-state index contributed by atoms with van der Waals surface area (Å²) >= 11 is 0. The van der Waals surface area contributed by atoms with E-state index in [1.54, 1.807) is 14.6 Å². The van der Waals surface area contributed by atoms with Gasteiger partial charge in [-0.2, -0.15) is 0 Å². The fourth-order valence-corrected chi connectivity index (χ4v) is 2.87. The number of hydrogen-bond donors (Lipinski definition) is 0. The Morgan fingerprint density at radius 1 is 1.22 bits per heavy atom. The summed E-state index contributed by atoms with van der Waals surface area (Å²) in [5.41, 5.74) is 0.944. The number of likely N-dealkylation sites (tertiary alicyclic amines) is 1. The molecule has 9 heteroatoms.